The van der Waals surface area contributed by atoms with E-state index in [2.05, 4.69) is 18.9 Å². The third kappa shape index (κ3) is 4.31. The van der Waals surface area contributed by atoms with Crippen LogP contribution in [0.15, 0.2) is 56.5 Å². The minimum atomic E-state index is -0.659. The number of nitrogens with zero attached hydrogens (tertiary/aromatic N) is 2. The fourth-order valence-electron chi connectivity index (χ4n) is 4.09. The molecule has 4 rings (SSSR count). The smallest absolute Gasteiger partial charge is 0.359 e. The van der Waals surface area contributed by atoms with Gasteiger partial charge < -0.3 is 9.15 Å². The minimum absolute atomic E-state index is 0.0737. The molecule has 7 nitrogen and oxygen atoms in total. The number of carbonyl (C=O) groups is 1. The van der Waals surface area contributed by atoms with Gasteiger partial charge in [0.2, 0.25) is 0 Å². The molecule has 0 aliphatic rings. The Labute approximate surface area is 190 Å². The molecule has 0 spiro atoms. The zero-order chi connectivity index (χ0) is 23.7. The van der Waals surface area contributed by atoms with E-state index in [1.807, 2.05) is 26.0 Å². The van der Waals surface area contributed by atoms with Crippen molar-refractivity contribution in [3.8, 4) is 0 Å². The van der Waals surface area contributed by atoms with Crippen molar-refractivity contribution in [2.75, 3.05) is 0 Å². The van der Waals surface area contributed by atoms with Gasteiger partial charge in [0.05, 0.1) is 5.39 Å². The number of hydrogen-bond donors (Lipinski definition) is 0. The summed E-state index contributed by atoms with van der Waals surface area (Å²) in [6, 6.07) is 12.0. The van der Waals surface area contributed by atoms with Crippen molar-refractivity contribution in [3.63, 3.8) is 0 Å². The van der Waals surface area contributed by atoms with Crippen LogP contribution < -0.4 is 11.2 Å². The Balaban J connectivity index is 1.73. The second-order valence-electron chi connectivity index (χ2n) is 8.45. The maximum Gasteiger partial charge on any atom is 0.359 e. The molecule has 170 valence electrons. The number of ether oxygens (including phenoxy) is 1. The maximum absolute atomic E-state index is 13.0. The van der Waals surface area contributed by atoms with Gasteiger partial charge in [-0.2, -0.15) is 5.10 Å². The van der Waals surface area contributed by atoms with Gasteiger partial charge in [0.25, 0.3) is 5.56 Å². The Morgan fingerprint density at radius 3 is 2.52 bits per heavy atom. The lowest BCUT2D eigenvalue weighted by Gasteiger charge is -2.14. The number of benzene rings is 2. The van der Waals surface area contributed by atoms with Crippen LogP contribution in [-0.2, 0) is 17.9 Å². The van der Waals surface area contributed by atoms with Gasteiger partial charge in [-0.15, -0.1) is 0 Å². The fraction of sp³-hybridized carbons (Fsp3) is 0.308. The van der Waals surface area contributed by atoms with Crippen LogP contribution in [0.5, 0.6) is 0 Å². The number of hydrogen-bond acceptors (Lipinski definition) is 6. The van der Waals surface area contributed by atoms with E-state index >= 15 is 0 Å². The lowest BCUT2D eigenvalue weighted by molar-refractivity contribution is 0.0466. The second kappa shape index (κ2) is 9.02. The summed E-state index contributed by atoms with van der Waals surface area (Å²) in [5.74, 6) is -0.374. The maximum atomic E-state index is 13.0. The lowest BCUT2D eigenvalue weighted by atomic mass is 9.95. The van der Waals surface area contributed by atoms with Crippen molar-refractivity contribution in [1.82, 2.24) is 9.78 Å². The zero-order valence-corrected chi connectivity index (χ0v) is 19.2. The van der Waals surface area contributed by atoms with E-state index in [-0.39, 0.29) is 23.8 Å². The molecule has 2 aromatic carbocycles. The average Bonchev–Trinajstić information content (AvgIpc) is 2.78. The van der Waals surface area contributed by atoms with Crippen LogP contribution in [0.2, 0.25) is 0 Å². The summed E-state index contributed by atoms with van der Waals surface area (Å²) in [6.07, 6.45) is 0.698. The van der Waals surface area contributed by atoms with Crippen molar-refractivity contribution in [2.45, 2.75) is 53.2 Å². The molecule has 0 saturated heterocycles. The molecule has 0 unspecified atom stereocenters. The van der Waals surface area contributed by atoms with Gasteiger partial charge in [0, 0.05) is 28.9 Å². The van der Waals surface area contributed by atoms with Crippen LogP contribution in [0.4, 0.5) is 0 Å². The number of aromatic nitrogens is 2. The van der Waals surface area contributed by atoms with E-state index in [0.29, 0.717) is 34.9 Å². The first-order valence-corrected chi connectivity index (χ1v) is 11.0. The standard InChI is InChI=1S/C26H26N2O5/c1-5-10-28-25(30)19-9-7-6-8-18(19)24(27-28)26(31)32-14-17-12-23(29)33-22-11-16(4)20(15(2)3)13-21(17)22/h6-9,11-13,15H,5,10,14H2,1-4H3. The van der Waals surface area contributed by atoms with Crippen molar-refractivity contribution >= 4 is 27.7 Å². The predicted octanol–water partition coefficient (Wildman–Crippen LogP) is 4.70. The van der Waals surface area contributed by atoms with Crippen molar-refractivity contribution in [2.24, 2.45) is 0 Å². The van der Waals surface area contributed by atoms with Crippen LogP contribution in [0.25, 0.3) is 21.7 Å². The predicted molar refractivity (Wildman–Crippen MR) is 127 cm³/mol. The Morgan fingerprint density at radius 2 is 1.82 bits per heavy atom. The fourth-order valence-corrected chi connectivity index (χ4v) is 4.09. The van der Waals surface area contributed by atoms with Crippen molar-refractivity contribution in [1.29, 1.82) is 0 Å². The summed E-state index contributed by atoms with van der Waals surface area (Å²) < 4.78 is 12.3. The normalized spacial score (nSPS) is 11.4. The molecule has 0 atom stereocenters. The first-order chi connectivity index (χ1) is 15.8. The van der Waals surface area contributed by atoms with Crippen LogP contribution in [0.3, 0.4) is 0 Å². The molecule has 0 saturated carbocycles. The summed E-state index contributed by atoms with van der Waals surface area (Å²) in [6.45, 7) is 8.37. The highest BCUT2D eigenvalue weighted by Gasteiger charge is 2.19. The monoisotopic (exact) mass is 446 g/mol. The molecule has 4 aromatic rings. The van der Waals surface area contributed by atoms with Crippen molar-refractivity contribution < 1.29 is 13.9 Å². The molecule has 0 bridgehead atoms. The Kier molecular flexibility index (Phi) is 6.14. The Hall–Kier alpha value is -3.74. The number of esters is 1. The summed E-state index contributed by atoms with van der Waals surface area (Å²) in [5.41, 5.74) is 2.49. The molecule has 0 radical (unpaired) electrons. The molecule has 7 heteroatoms. The zero-order valence-electron chi connectivity index (χ0n) is 19.2. The largest absolute Gasteiger partial charge is 0.456 e. The van der Waals surface area contributed by atoms with Gasteiger partial charge in [0.15, 0.2) is 5.69 Å². The van der Waals surface area contributed by atoms with E-state index in [4.69, 9.17) is 9.15 Å². The molecule has 2 aromatic heterocycles. The van der Waals surface area contributed by atoms with E-state index in [1.165, 1.54) is 10.7 Å². The second-order valence-corrected chi connectivity index (χ2v) is 8.45. The van der Waals surface area contributed by atoms with Gasteiger partial charge in [-0.3, -0.25) is 4.79 Å². The van der Waals surface area contributed by atoms with E-state index in [9.17, 15) is 14.4 Å². The molecule has 0 aliphatic carbocycles. The average molecular weight is 447 g/mol. The number of fused-ring (bicyclic) bond motifs is 2. The third-order valence-corrected chi connectivity index (χ3v) is 5.69. The highest BCUT2D eigenvalue weighted by molar-refractivity contribution is 6.02. The molecular formula is C26H26N2O5. The van der Waals surface area contributed by atoms with Gasteiger partial charge in [0.1, 0.15) is 12.2 Å². The minimum Gasteiger partial charge on any atom is -0.456 e. The first kappa shape index (κ1) is 22.5. The summed E-state index contributed by atoms with van der Waals surface area (Å²) in [5, 5.41) is 5.86. The van der Waals surface area contributed by atoms with Gasteiger partial charge >= 0.3 is 11.6 Å². The van der Waals surface area contributed by atoms with Crippen LogP contribution in [0, 0.1) is 6.92 Å². The highest BCUT2D eigenvalue weighted by atomic mass is 16.5. The third-order valence-electron chi connectivity index (χ3n) is 5.69. The van der Waals surface area contributed by atoms with Crippen LogP contribution >= 0.6 is 0 Å². The number of carbonyl (C=O) groups excluding carboxylic acids is 1. The van der Waals surface area contributed by atoms with Gasteiger partial charge in [-0.25, -0.2) is 14.3 Å². The number of rotatable bonds is 6. The van der Waals surface area contributed by atoms with Crippen molar-refractivity contribution in [3.05, 3.63) is 85.6 Å². The van der Waals surface area contributed by atoms with E-state index in [0.717, 1.165) is 16.5 Å². The SMILES string of the molecule is CCCn1nc(C(=O)OCc2cc(=O)oc3cc(C)c(C(C)C)cc23)c2ccccc2c1=O. The summed E-state index contributed by atoms with van der Waals surface area (Å²) in [4.78, 5) is 37.8. The lowest BCUT2D eigenvalue weighted by Crippen LogP contribution is -2.26. The quantitative estimate of drug-likeness (QED) is 0.315. The highest BCUT2D eigenvalue weighted by Crippen LogP contribution is 2.27. The molecule has 0 fully saturated rings. The molecule has 0 amide bonds. The number of aryl methyl sites for hydroxylation is 2. The summed E-state index contributed by atoms with van der Waals surface area (Å²) >= 11 is 0. The Bertz CT molecular complexity index is 1480. The van der Waals surface area contributed by atoms with E-state index in [1.54, 1.807) is 24.3 Å². The molecule has 0 N–H and O–H groups in total. The molecule has 2 heterocycles. The van der Waals surface area contributed by atoms with E-state index < -0.39 is 11.6 Å². The topological polar surface area (TPSA) is 91.4 Å². The first-order valence-electron chi connectivity index (χ1n) is 11.0. The molecule has 0 aliphatic heterocycles. The van der Waals surface area contributed by atoms with Crippen LogP contribution in [0.1, 0.15) is 60.3 Å². The van der Waals surface area contributed by atoms with Crippen LogP contribution in [-0.4, -0.2) is 15.7 Å². The van der Waals surface area contributed by atoms with Gasteiger partial charge in [-0.05, 0) is 48.6 Å². The summed E-state index contributed by atoms with van der Waals surface area (Å²) in [7, 11) is 0. The van der Waals surface area contributed by atoms with Gasteiger partial charge in [-0.1, -0.05) is 39.0 Å². The Morgan fingerprint density at radius 1 is 1.09 bits per heavy atom. The molecule has 33 heavy (non-hydrogen) atoms. The molecular weight excluding hydrogens is 420 g/mol.